The minimum absolute atomic E-state index is 0.0159. The fraction of sp³-hybridized carbons (Fsp3) is 0.355. The first-order chi connectivity index (χ1) is 19.5. The molecule has 220 valence electrons. The molecule has 9 nitrogen and oxygen atoms in total. The molecule has 41 heavy (non-hydrogen) atoms. The summed E-state index contributed by atoms with van der Waals surface area (Å²) in [6.07, 6.45) is 0.485. The molecule has 0 spiro atoms. The Labute approximate surface area is 243 Å². The molecule has 0 saturated heterocycles. The Hall–Kier alpha value is -4.05. The molecule has 1 N–H and O–H groups in total. The number of anilines is 1. The molecule has 0 bridgehead atoms. The average Bonchev–Trinajstić information content (AvgIpc) is 2.95. The van der Waals surface area contributed by atoms with E-state index in [1.54, 1.807) is 31.2 Å². The first-order valence-corrected chi connectivity index (χ1v) is 14.9. The SMILES string of the molecule is COc1ccc(OC)c(N(CC(=O)N(CCc2ccccc2)[C@H](C)C(=O)NC(C)C)S(=O)(=O)c2ccc(C)cc2)c1. The van der Waals surface area contributed by atoms with Crippen LogP contribution in [0.3, 0.4) is 0 Å². The van der Waals surface area contributed by atoms with Crippen LogP contribution in [-0.4, -0.2) is 64.5 Å². The summed E-state index contributed by atoms with van der Waals surface area (Å²) in [4.78, 5) is 28.5. The number of aryl methyl sites for hydroxylation is 1. The third-order valence-corrected chi connectivity index (χ3v) is 8.40. The second-order valence-electron chi connectivity index (χ2n) is 10.0. The number of carbonyl (C=O) groups is 2. The Bertz CT molecular complexity index is 1430. The Morgan fingerprint density at radius 3 is 2.15 bits per heavy atom. The monoisotopic (exact) mass is 581 g/mol. The summed E-state index contributed by atoms with van der Waals surface area (Å²) in [6.45, 7) is 6.83. The molecule has 0 aliphatic carbocycles. The highest BCUT2D eigenvalue weighted by molar-refractivity contribution is 7.92. The third-order valence-electron chi connectivity index (χ3n) is 6.62. The number of sulfonamides is 1. The van der Waals surface area contributed by atoms with E-state index in [2.05, 4.69) is 5.32 Å². The minimum atomic E-state index is -4.24. The highest BCUT2D eigenvalue weighted by Gasteiger charge is 2.34. The van der Waals surface area contributed by atoms with Crippen molar-refractivity contribution in [2.24, 2.45) is 0 Å². The normalized spacial score (nSPS) is 12.0. The molecule has 0 unspecified atom stereocenters. The summed E-state index contributed by atoms with van der Waals surface area (Å²) in [6, 6.07) is 19.8. The van der Waals surface area contributed by atoms with Crippen molar-refractivity contribution in [2.75, 3.05) is 31.6 Å². The Kier molecular flexibility index (Phi) is 10.8. The molecule has 3 aromatic rings. The van der Waals surface area contributed by atoms with Crippen LogP contribution in [0.5, 0.6) is 11.5 Å². The number of amides is 2. The van der Waals surface area contributed by atoms with Crippen molar-refractivity contribution in [1.82, 2.24) is 10.2 Å². The number of carbonyl (C=O) groups excluding carboxylic acids is 2. The fourth-order valence-corrected chi connectivity index (χ4v) is 5.73. The number of hydrogen-bond acceptors (Lipinski definition) is 6. The third kappa shape index (κ3) is 8.00. The standard InChI is InChI=1S/C31H39N3O6S/c1-22(2)32-31(36)24(4)33(19-18-25-10-8-7-9-11-25)30(35)21-34(28-20-26(39-5)14-17-29(28)40-6)41(37,38)27-15-12-23(3)13-16-27/h7-17,20,22,24H,18-19,21H2,1-6H3,(H,32,36)/t24-/m1/s1. The maximum Gasteiger partial charge on any atom is 0.264 e. The Morgan fingerprint density at radius 2 is 1.56 bits per heavy atom. The smallest absolute Gasteiger partial charge is 0.264 e. The number of ether oxygens (including phenoxy) is 2. The number of nitrogens with zero attached hydrogens (tertiary/aromatic N) is 2. The molecule has 0 aliphatic heterocycles. The molecule has 0 radical (unpaired) electrons. The van der Waals surface area contributed by atoms with Crippen molar-refractivity contribution >= 4 is 27.5 Å². The first-order valence-electron chi connectivity index (χ1n) is 13.4. The van der Waals surface area contributed by atoms with E-state index >= 15 is 0 Å². The lowest BCUT2D eigenvalue weighted by atomic mass is 10.1. The van der Waals surface area contributed by atoms with Crippen LogP contribution < -0.4 is 19.1 Å². The van der Waals surface area contributed by atoms with Gasteiger partial charge in [0.15, 0.2) is 0 Å². The van der Waals surface area contributed by atoms with Gasteiger partial charge in [0.2, 0.25) is 11.8 Å². The molecule has 0 heterocycles. The summed E-state index contributed by atoms with van der Waals surface area (Å²) in [7, 11) is -1.35. The van der Waals surface area contributed by atoms with Crippen molar-refractivity contribution < 1.29 is 27.5 Å². The lowest BCUT2D eigenvalue weighted by Crippen LogP contribution is -2.53. The molecule has 2 amide bonds. The van der Waals surface area contributed by atoms with E-state index < -0.39 is 28.5 Å². The second kappa shape index (κ2) is 14.0. The van der Waals surface area contributed by atoms with Crippen LogP contribution in [0.25, 0.3) is 0 Å². The molecular formula is C31H39N3O6S. The predicted octanol–water partition coefficient (Wildman–Crippen LogP) is 4.19. The summed E-state index contributed by atoms with van der Waals surface area (Å²) in [5.41, 5.74) is 2.02. The van der Waals surface area contributed by atoms with E-state index in [1.807, 2.05) is 51.1 Å². The van der Waals surface area contributed by atoms with Crippen LogP contribution in [0.1, 0.15) is 31.9 Å². The van der Waals surface area contributed by atoms with Gasteiger partial charge in [0.1, 0.15) is 24.1 Å². The highest BCUT2D eigenvalue weighted by Crippen LogP contribution is 2.36. The average molecular weight is 582 g/mol. The van der Waals surface area contributed by atoms with E-state index in [0.717, 1.165) is 15.4 Å². The van der Waals surface area contributed by atoms with E-state index in [0.29, 0.717) is 12.2 Å². The largest absolute Gasteiger partial charge is 0.497 e. The lowest BCUT2D eigenvalue weighted by Gasteiger charge is -2.32. The second-order valence-corrected chi connectivity index (χ2v) is 11.9. The van der Waals surface area contributed by atoms with Gasteiger partial charge >= 0.3 is 0 Å². The van der Waals surface area contributed by atoms with E-state index in [1.165, 1.54) is 37.3 Å². The van der Waals surface area contributed by atoms with Gasteiger partial charge in [-0.3, -0.25) is 13.9 Å². The maximum atomic E-state index is 14.1. The van der Waals surface area contributed by atoms with Gasteiger partial charge in [-0.25, -0.2) is 8.42 Å². The van der Waals surface area contributed by atoms with Crippen LogP contribution >= 0.6 is 0 Å². The van der Waals surface area contributed by atoms with Gasteiger partial charge < -0.3 is 19.7 Å². The lowest BCUT2D eigenvalue weighted by molar-refractivity contribution is -0.139. The molecule has 0 aliphatic rings. The van der Waals surface area contributed by atoms with Gasteiger partial charge in [-0.05, 0) is 63.9 Å². The van der Waals surface area contributed by atoms with Crippen molar-refractivity contribution in [2.45, 2.75) is 51.1 Å². The molecule has 3 rings (SSSR count). The quantitative estimate of drug-likeness (QED) is 0.325. The van der Waals surface area contributed by atoms with E-state index in [-0.39, 0.29) is 34.8 Å². The summed E-state index contributed by atoms with van der Waals surface area (Å²) in [5.74, 6) is -0.222. The van der Waals surface area contributed by atoms with Crippen LogP contribution in [0.4, 0.5) is 5.69 Å². The number of benzene rings is 3. The van der Waals surface area contributed by atoms with E-state index in [4.69, 9.17) is 9.47 Å². The van der Waals surface area contributed by atoms with Crippen molar-refractivity contribution in [3.63, 3.8) is 0 Å². The van der Waals surface area contributed by atoms with Crippen LogP contribution in [-0.2, 0) is 26.0 Å². The molecule has 0 aromatic heterocycles. The minimum Gasteiger partial charge on any atom is -0.497 e. The van der Waals surface area contributed by atoms with Gasteiger partial charge in [0, 0.05) is 18.7 Å². The molecule has 0 fully saturated rings. The number of nitrogens with one attached hydrogen (secondary N) is 1. The zero-order valence-electron chi connectivity index (χ0n) is 24.5. The van der Waals surface area contributed by atoms with Crippen molar-refractivity contribution in [1.29, 1.82) is 0 Å². The Morgan fingerprint density at radius 1 is 0.902 bits per heavy atom. The molecule has 10 heteroatoms. The van der Waals surface area contributed by atoms with Gasteiger partial charge in [-0.15, -0.1) is 0 Å². The fourth-order valence-electron chi connectivity index (χ4n) is 4.32. The molecule has 1 atom stereocenters. The van der Waals surface area contributed by atoms with Gasteiger partial charge in [-0.2, -0.15) is 0 Å². The topological polar surface area (TPSA) is 105 Å². The van der Waals surface area contributed by atoms with Crippen LogP contribution in [0.15, 0.2) is 77.7 Å². The molecular weight excluding hydrogens is 542 g/mol. The predicted molar refractivity (Wildman–Crippen MR) is 160 cm³/mol. The molecule has 3 aromatic carbocycles. The summed E-state index contributed by atoms with van der Waals surface area (Å²) in [5, 5.41) is 2.85. The molecule has 0 saturated carbocycles. The van der Waals surface area contributed by atoms with Crippen LogP contribution in [0, 0.1) is 6.92 Å². The van der Waals surface area contributed by atoms with Gasteiger partial charge in [0.25, 0.3) is 10.0 Å². The first kappa shape index (κ1) is 31.5. The zero-order valence-corrected chi connectivity index (χ0v) is 25.3. The number of methoxy groups -OCH3 is 2. The number of hydrogen-bond donors (Lipinski definition) is 1. The van der Waals surface area contributed by atoms with Gasteiger partial charge in [-0.1, -0.05) is 48.0 Å². The van der Waals surface area contributed by atoms with E-state index in [9.17, 15) is 18.0 Å². The van der Waals surface area contributed by atoms with Gasteiger partial charge in [0.05, 0.1) is 24.8 Å². The Balaban J connectivity index is 2.07. The zero-order chi connectivity index (χ0) is 30.2. The maximum absolute atomic E-state index is 14.1. The summed E-state index contributed by atoms with van der Waals surface area (Å²) >= 11 is 0. The number of rotatable bonds is 13. The van der Waals surface area contributed by atoms with Crippen molar-refractivity contribution in [3.8, 4) is 11.5 Å². The van der Waals surface area contributed by atoms with Crippen LogP contribution in [0.2, 0.25) is 0 Å². The summed E-state index contributed by atoms with van der Waals surface area (Å²) < 4.78 is 40.0. The highest BCUT2D eigenvalue weighted by atomic mass is 32.2. The van der Waals surface area contributed by atoms with Crippen molar-refractivity contribution in [3.05, 3.63) is 83.9 Å².